The van der Waals surface area contributed by atoms with Gasteiger partial charge in [0.1, 0.15) is 0 Å². The molecule has 0 aromatic carbocycles. The number of hydrogen-bond donors (Lipinski definition) is 1. The molecule has 0 bridgehead atoms. The summed E-state index contributed by atoms with van der Waals surface area (Å²) in [6.45, 7) is 8.00. The van der Waals surface area contributed by atoms with Gasteiger partial charge in [-0.15, -0.1) is 0 Å². The molecular formula is C9H21NO. The Labute approximate surface area is 70.1 Å². The van der Waals surface area contributed by atoms with Crippen LogP contribution in [0.3, 0.4) is 0 Å². The summed E-state index contributed by atoms with van der Waals surface area (Å²) in [7, 11) is 0. The van der Waals surface area contributed by atoms with Gasteiger partial charge in [-0.25, -0.2) is 0 Å². The van der Waals surface area contributed by atoms with Gasteiger partial charge in [0.15, 0.2) is 0 Å². The van der Waals surface area contributed by atoms with Gasteiger partial charge in [-0.05, 0) is 39.7 Å². The molecule has 0 rings (SSSR count). The molecule has 0 aliphatic rings. The van der Waals surface area contributed by atoms with E-state index in [4.69, 9.17) is 10.5 Å². The van der Waals surface area contributed by atoms with Crippen LogP contribution in [0.4, 0.5) is 0 Å². The fourth-order valence-electron chi connectivity index (χ4n) is 0.697. The largest absolute Gasteiger partial charge is 0.376 e. The maximum Gasteiger partial charge on any atom is 0.0623 e. The Bertz CT molecular complexity index is 91.6. The van der Waals surface area contributed by atoms with E-state index in [9.17, 15) is 0 Å². The fraction of sp³-hybridized carbons (Fsp3) is 1.00. The first-order valence-electron chi connectivity index (χ1n) is 4.46. The molecule has 0 unspecified atom stereocenters. The highest BCUT2D eigenvalue weighted by molar-refractivity contribution is 4.64. The third kappa shape index (κ3) is 6.32. The molecule has 2 N–H and O–H groups in total. The van der Waals surface area contributed by atoms with Crippen LogP contribution < -0.4 is 5.73 Å². The van der Waals surface area contributed by atoms with Crippen molar-refractivity contribution in [1.29, 1.82) is 0 Å². The molecule has 68 valence electrons. The van der Waals surface area contributed by atoms with Gasteiger partial charge in [-0.3, -0.25) is 0 Å². The minimum absolute atomic E-state index is 0.0502. The van der Waals surface area contributed by atoms with Crippen LogP contribution in [0.1, 0.15) is 40.0 Å². The second kappa shape index (κ2) is 5.56. The lowest BCUT2D eigenvalue weighted by Gasteiger charge is -2.23. The zero-order valence-electron chi connectivity index (χ0n) is 8.02. The first-order chi connectivity index (χ1) is 5.12. The van der Waals surface area contributed by atoms with E-state index in [0.717, 1.165) is 32.4 Å². The lowest BCUT2D eigenvalue weighted by Crippen LogP contribution is -2.23. The fourth-order valence-corrected chi connectivity index (χ4v) is 0.697. The van der Waals surface area contributed by atoms with E-state index in [1.54, 1.807) is 0 Å². The maximum atomic E-state index is 5.63. The van der Waals surface area contributed by atoms with Crippen LogP contribution in [-0.4, -0.2) is 18.8 Å². The van der Waals surface area contributed by atoms with Gasteiger partial charge < -0.3 is 10.5 Å². The van der Waals surface area contributed by atoms with Crippen molar-refractivity contribution in [3.8, 4) is 0 Å². The minimum Gasteiger partial charge on any atom is -0.376 e. The predicted molar refractivity (Wildman–Crippen MR) is 48.6 cm³/mol. The van der Waals surface area contributed by atoms with E-state index in [0.29, 0.717) is 0 Å². The van der Waals surface area contributed by atoms with Gasteiger partial charge in [0, 0.05) is 6.61 Å². The third-order valence-corrected chi connectivity index (χ3v) is 1.94. The van der Waals surface area contributed by atoms with Crippen molar-refractivity contribution >= 4 is 0 Å². The number of ether oxygens (including phenoxy) is 1. The zero-order valence-corrected chi connectivity index (χ0v) is 8.02. The Hall–Kier alpha value is -0.0800. The van der Waals surface area contributed by atoms with E-state index >= 15 is 0 Å². The van der Waals surface area contributed by atoms with E-state index in [1.807, 2.05) is 0 Å². The summed E-state index contributed by atoms with van der Waals surface area (Å²) in [4.78, 5) is 0. The summed E-state index contributed by atoms with van der Waals surface area (Å²) in [5.74, 6) is 0. The highest BCUT2D eigenvalue weighted by atomic mass is 16.5. The number of hydrogen-bond acceptors (Lipinski definition) is 2. The minimum atomic E-state index is 0.0502. The average Bonchev–Trinajstić information content (AvgIpc) is 1.99. The molecule has 0 saturated heterocycles. The lowest BCUT2D eigenvalue weighted by atomic mass is 10.1. The standard InChI is InChI=1S/C9H21NO/c1-4-9(2,3)11-8-6-5-7-10/h4-8,10H2,1-3H3. The van der Waals surface area contributed by atoms with Crippen molar-refractivity contribution in [2.45, 2.75) is 45.6 Å². The lowest BCUT2D eigenvalue weighted by molar-refractivity contribution is -0.0213. The smallest absolute Gasteiger partial charge is 0.0623 e. The SMILES string of the molecule is CCC(C)(C)OCCCCN. The monoisotopic (exact) mass is 159 g/mol. The van der Waals surface area contributed by atoms with E-state index in [2.05, 4.69) is 20.8 Å². The molecule has 0 aliphatic heterocycles. The van der Waals surface area contributed by atoms with Crippen molar-refractivity contribution in [2.24, 2.45) is 5.73 Å². The molecule has 11 heavy (non-hydrogen) atoms. The summed E-state index contributed by atoms with van der Waals surface area (Å²) < 4.78 is 5.63. The van der Waals surface area contributed by atoms with Crippen LogP contribution >= 0.6 is 0 Å². The number of rotatable bonds is 6. The van der Waals surface area contributed by atoms with Gasteiger partial charge in [0.2, 0.25) is 0 Å². The summed E-state index contributed by atoms with van der Waals surface area (Å²) in [6, 6.07) is 0. The molecule has 0 amide bonds. The van der Waals surface area contributed by atoms with E-state index < -0.39 is 0 Å². The van der Waals surface area contributed by atoms with Gasteiger partial charge in [0.05, 0.1) is 5.60 Å². The van der Waals surface area contributed by atoms with Crippen LogP contribution in [0.5, 0.6) is 0 Å². The van der Waals surface area contributed by atoms with Crippen LogP contribution in [0, 0.1) is 0 Å². The molecule has 2 heteroatoms. The van der Waals surface area contributed by atoms with Crippen LogP contribution in [-0.2, 0) is 4.74 Å². The molecular weight excluding hydrogens is 138 g/mol. The van der Waals surface area contributed by atoms with Gasteiger partial charge in [-0.2, -0.15) is 0 Å². The second-order valence-electron chi connectivity index (χ2n) is 3.46. The van der Waals surface area contributed by atoms with Crippen LogP contribution in [0.25, 0.3) is 0 Å². The Morgan fingerprint density at radius 3 is 2.36 bits per heavy atom. The summed E-state index contributed by atoms with van der Waals surface area (Å²) in [5.41, 5.74) is 5.41. The molecule has 0 atom stereocenters. The highest BCUT2D eigenvalue weighted by Gasteiger charge is 2.13. The molecule has 0 aromatic heterocycles. The maximum absolute atomic E-state index is 5.63. The summed E-state index contributed by atoms with van der Waals surface area (Å²) >= 11 is 0. The quantitative estimate of drug-likeness (QED) is 0.601. The highest BCUT2D eigenvalue weighted by Crippen LogP contribution is 2.13. The summed E-state index contributed by atoms with van der Waals surface area (Å²) in [6.07, 6.45) is 3.22. The Morgan fingerprint density at radius 2 is 1.91 bits per heavy atom. The Morgan fingerprint density at radius 1 is 1.27 bits per heavy atom. The molecule has 0 aromatic rings. The topological polar surface area (TPSA) is 35.2 Å². The molecule has 2 nitrogen and oxygen atoms in total. The molecule has 0 radical (unpaired) electrons. The molecule has 0 spiro atoms. The van der Waals surface area contributed by atoms with Gasteiger partial charge in [0.25, 0.3) is 0 Å². The average molecular weight is 159 g/mol. The normalized spacial score (nSPS) is 12.0. The van der Waals surface area contributed by atoms with Crippen molar-refractivity contribution in [1.82, 2.24) is 0 Å². The zero-order chi connectivity index (χ0) is 8.74. The first kappa shape index (κ1) is 10.9. The third-order valence-electron chi connectivity index (χ3n) is 1.94. The first-order valence-corrected chi connectivity index (χ1v) is 4.46. The number of unbranched alkanes of at least 4 members (excludes halogenated alkanes) is 1. The van der Waals surface area contributed by atoms with Crippen molar-refractivity contribution in [2.75, 3.05) is 13.2 Å². The second-order valence-corrected chi connectivity index (χ2v) is 3.46. The van der Waals surface area contributed by atoms with E-state index in [-0.39, 0.29) is 5.60 Å². The van der Waals surface area contributed by atoms with E-state index in [1.165, 1.54) is 0 Å². The molecule has 0 fully saturated rings. The predicted octanol–water partition coefficient (Wildman–Crippen LogP) is 1.93. The number of nitrogens with two attached hydrogens (primary N) is 1. The van der Waals surface area contributed by atoms with Crippen LogP contribution in [0.2, 0.25) is 0 Å². The van der Waals surface area contributed by atoms with Gasteiger partial charge in [-0.1, -0.05) is 6.92 Å². The van der Waals surface area contributed by atoms with Crippen molar-refractivity contribution < 1.29 is 4.74 Å². The van der Waals surface area contributed by atoms with Crippen LogP contribution in [0.15, 0.2) is 0 Å². The summed E-state index contributed by atoms with van der Waals surface area (Å²) in [5, 5.41) is 0. The molecule has 0 heterocycles. The molecule has 0 aliphatic carbocycles. The Kier molecular flexibility index (Phi) is 5.51. The van der Waals surface area contributed by atoms with Crippen molar-refractivity contribution in [3.05, 3.63) is 0 Å². The molecule has 0 saturated carbocycles. The van der Waals surface area contributed by atoms with Gasteiger partial charge >= 0.3 is 0 Å². The Balaban J connectivity index is 3.23. The van der Waals surface area contributed by atoms with Crippen molar-refractivity contribution in [3.63, 3.8) is 0 Å².